The molecule has 0 spiro atoms. The Morgan fingerprint density at radius 3 is 2.59 bits per heavy atom. The van der Waals surface area contributed by atoms with E-state index in [1.54, 1.807) is 0 Å². The van der Waals surface area contributed by atoms with Crippen LogP contribution in [0.25, 0.3) is 10.2 Å². The normalized spacial score (nSPS) is 12.0. The van der Waals surface area contributed by atoms with Crippen molar-refractivity contribution in [2.75, 3.05) is 5.32 Å². The Morgan fingerprint density at radius 1 is 1.14 bits per heavy atom. The van der Waals surface area contributed by atoms with Crippen molar-refractivity contribution in [3.63, 3.8) is 0 Å². The Kier molecular flexibility index (Phi) is 6.22. The molecule has 1 amide bonds. The molecule has 0 saturated heterocycles. The molecule has 0 atom stereocenters. The molecule has 0 unspecified atom stereocenters. The van der Waals surface area contributed by atoms with E-state index in [2.05, 4.69) is 15.0 Å². The Morgan fingerprint density at radius 2 is 1.90 bits per heavy atom. The van der Waals surface area contributed by atoms with Crippen LogP contribution in [-0.2, 0) is 0 Å². The minimum Gasteiger partial charge on any atom is -0.428 e. The molecule has 0 fully saturated rings. The van der Waals surface area contributed by atoms with Gasteiger partial charge in [0.25, 0.3) is 11.7 Å². The van der Waals surface area contributed by atoms with Crippen molar-refractivity contribution in [3.8, 4) is 5.75 Å². The second-order valence-electron chi connectivity index (χ2n) is 5.47. The van der Waals surface area contributed by atoms with E-state index >= 15 is 0 Å². The first kappa shape index (κ1) is 21.2. The molecule has 0 aliphatic heterocycles. The number of benzene rings is 2. The summed E-state index contributed by atoms with van der Waals surface area (Å²) in [4.78, 5) is 16.8. The Hall–Kier alpha value is -2.47. The van der Waals surface area contributed by atoms with E-state index in [1.165, 1.54) is 30.3 Å². The van der Waals surface area contributed by atoms with Gasteiger partial charge in [-0.3, -0.25) is 10.1 Å². The number of carbonyl (C=O) groups is 1. The van der Waals surface area contributed by atoms with Crippen molar-refractivity contribution in [1.82, 2.24) is 4.98 Å². The standard InChI is InChI=1S/C17H10F6N2O2S2/c18-14(19)17(22,23)27-9-3-1-2-8(6-9)13(26)25-16-24-11-5-4-10(28-15(20)21)7-12(11)29-16/h1-7,14-15H,(H,24,25,26). The largest absolute Gasteiger partial charge is 0.461 e. The zero-order valence-corrected chi connectivity index (χ0v) is 15.7. The zero-order valence-electron chi connectivity index (χ0n) is 14.0. The van der Waals surface area contributed by atoms with Gasteiger partial charge in [0.05, 0.1) is 10.2 Å². The number of fused-ring (bicyclic) bond motifs is 1. The highest BCUT2D eigenvalue weighted by molar-refractivity contribution is 7.99. The van der Waals surface area contributed by atoms with Gasteiger partial charge in [0.1, 0.15) is 5.75 Å². The van der Waals surface area contributed by atoms with Crippen LogP contribution in [0.2, 0.25) is 0 Å². The number of nitrogens with one attached hydrogen (secondary N) is 1. The molecule has 3 rings (SSSR count). The van der Waals surface area contributed by atoms with Crippen LogP contribution in [0, 0.1) is 0 Å². The van der Waals surface area contributed by atoms with Gasteiger partial charge in [-0.2, -0.15) is 26.3 Å². The Labute approximate surface area is 167 Å². The van der Waals surface area contributed by atoms with Crippen molar-refractivity contribution in [1.29, 1.82) is 0 Å². The van der Waals surface area contributed by atoms with Gasteiger partial charge in [0.2, 0.25) is 0 Å². The number of nitrogens with zero attached hydrogens (tertiary/aromatic N) is 1. The topological polar surface area (TPSA) is 51.2 Å². The summed E-state index contributed by atoms with van der Waals surface area (Å²) in [6.07, 6.45) is -8.73. The SMILES string of the molecule is O=C(Nc1nc2ccc(SC(F)F)cc2s1)c1cccc(OC(F)(F)C(F)F)c1. The molecule has 1 heterocycles. The van der Waals surface area contributed by atoms with Crippen LogP contribution in [0.1, 0.15) is 10.4 Å². The van der Waals surface area contributed by atoms with Crippen LogP contribution < -0.4 is 10.1 Å². The van der Waals surface area contributed by atoms with Crippen LogP contribution in [0.5, 0.6) is 5.75 Å². The predicted octanol–water partition coefficient (Wildman–Crippen LogP) is 6.10. The van der Waals surface area contributed by atoms with Crippen molar-refractivity contribution in [2.24, 2.45) is 0 Å². The number of carbonyl (C=O) groups excluding carboxylic acids is 1. The number of halogens is 6. The molecule has 0 saturated carbocycles. The number of aromatic nitrogens is 1. The van der Waals surface area contributed by atoms with Crippen molar-refractivity contribution >= 4 is 44.4 Å². The first-order chi connectivity index (χ1) is 13.6. The van der Waals surface area contributed by atoms with Crippen LogP contribution in [0.3, 0.4) is 0 Å². The highest BCUT2D eigenvalue weighted by Gasteiger charge is 2.44. The van der Waals surface area contributed by atoms with E-state index in [1.807, 2.05) is 0 Å². The molecule has 2 aromatic carbocycles. The number of amides is 1. The fourth-order valence-corrected chi connectivity index (χ4v) is 3.72. The molecule has 4 nitrogen and oxygen atoms in total. The second kappa shape index (κ2) is 8.49. The molecule has 0 radical (unpaired) electrons. The summed E-state index contributed by atoms with van der Waals surface area (Å²) in [5, 5.41) is 2.59. The first-order valence-corrected chi connectivity index (χ1v) is 9.45. The average Bonchev–Trinajstić information content (AvgIpc) is 3.02. The molecular weight excluding hydrogens is 442 g/mol. The number of thiazole rings is 1. The van der Waals surface area contributed by atoms with Gasteiger partial charge in [-0.1, -0.05) is 29.2 Å². The Bertz CT molecular complexity index is 1030. The van der Waals surface area contributed by atoms with Crippen LogP contribution in [-0.4, -0.2) is 29.2 Å². The molecule has 0 aliphatic rings. The smallest absolute Gasteiger partial charge is 0.428 e. The van der Waals surface area contributed by atoms with Crippen molar-refractivity contribution in [2.45, 2.75) is 23.2 Å². The molecule has 1 aromatic heterocycles. The monoisotopic (exact) mass is 452 g/mol. The van der Waals surface area contributed by atoms with Gasteiger partial charge in [0.15, 0.2) is 5.13 Å². The molecule has 0 bridgehead atoms. The number of ether oxygens (including phenoxy) is 1. The maximum Gasteiger partial charge on any atom is 0.461 e. The molecule has 1 N–H and O–H groups in total. The lowest BCUT2D eigenvalue weighted by Crippen LogP contribution is -2.33. The Balaban J connectivity index is 1.75. The molecule has 154 valence electrons. The fourth-order valence-electron chi connectivity index (χ4n) is 2.21. The van der Waals surface area contributed by atoms with Crippen LogP contribution in [0.15, 0.2) is 47.4 Å². The van der Waals surface area contributed by atoms with Gasteiger partial charge in [-0.15, -0.1) is 0 Å². The number of anilines is 1. The number of hydrogen-bond donors (Lipinski definition) is 1. The van der Waals surface area contributed by atoms with Crippen molar-refractivity contribution in [3.05, 3.63) is 48.0 Å². The quantitative estimate of drug-likeness (QED) is 0.348. The van der Waals surface area contributed by atoms with Gasteiger partial charge in [-0.05, 0) is 36.4 Å². The number of rotatable bonds is 7. The maximum atomic E-state index is 13.0. The highest BCUT2D eigenvalue weighted by atomic mass is 32.2. The van der Waals surface area contributed by atoms with Crippen LogP contribution in [0.4, 0.5) is 31.5 Å². The summed E-state index contributed by atoms with van der Waals surface area (Å²) in [5.74, 6) is -3.93. The number of thioether (sulfide) groups is 1. The minimum absolute atomic E-state index is 0.124. The third-order valence-corrected chi connectivity index (χ3v) is 5.05. The van der Waals surface area contributed by atoms with E-state index in [-0.39, 0.29) is 10.7 Å². The third kappa shape index (κ3) is 5.32. The van der Waals surface area contributed by atoms with Gasteiger partial charge < -0.3 is 4.74 Å². The predicted molar refractivity (Wildman–Crippen MR) is 97.5 cm³/mol. The van der Waals surface area contributed by atoms with Gasteiger partial charge in [0, 0.05) is 10.5 Å². The second-order valence-corrected chi connectivity index (χ2v) is 7.57. The van der Waals surface area contributed by atoms with Crippen molar-refractivity contribution < 1.29 is 35.9 Å². The lowest BCUT2D eigenvalue weighted by molar-refractivity contribution is -0.253. The summed E-state index contributed by atoms with van der Waals surface area (Å²) in [5.41, 5.74) is 0.346. The zero-order chi connectivity index (χ0) is 21.2. The highest BCUT2D eigenvalue weighted by Crippen LogP contribution is 2.33. The maximum absolute atomic E-state index is 13.0. The van der Waals surface area contributed by atoms with E-state index in [9.17, 15) is 31.1 Å². The van der Waals surface area contributed by atoms with E-state index < -0.39 is 29.9 Å². The fraction of sp³-hybridized carbons (Fsp3) is 0.176. The lowest BCUT2D eigenvalue weighted by atomic mass is 10.2. The van der Waals surface area contributed by atoms with Gasteiger partial charge in [-0.25, -0.2) is 4.98 Å². The van der Waals surface area contributed by atoms with Crippen LogP contribution >= 0.6 is 23.1 Å². The number of alkyl halides is 6. The summed E-state index contributed by atoms with van der Waals surface area (Å²) in [6, 6.07) is 8.84. The lowest BCUT2D eigenvalue weighted by Gasteiger charge is -2.17. The molecular formula is C17H10F6N2O2S2. The van der Waals surface area contributed by atoms with E-state index in [4.69, 9.17) is 0 Å². The minimum atomic E-state index is -4.70. The summed E-state index contributed by atoms with van der Waals surface area (Å²) in [7, 11) is 0. The summed E-state index contributed by atoms with van der Waals surface area (Å²) in [6.45, 7) is 0. The van der Waals surface area contributed by atoms with Gasteiger partial charge >= 0.3 is 12.5 Å². The van der Waals surface area contributed by atoms with E-state index in [0.717, 1.165) is 23.5 Å². The first-order valence-electron chi connectivity index (χ1n) is 7.76. The molecule has 0 aliphatic carbocycles. The average molecular weight is 452 g/mol. The molecule has 12 heteroatoms. The summed E-state index contributed by atoms with van der Waals surface area (Å²) >= 11 is 1.40. The third-order valence-electron chi connectivity index (χ3n) is 3.41. The van der Waals surface area contributed by atoms with E-state index in [0.29, 0.717) is 26.9 Å². The molecule has 29 heavy (non-hydrogen) atoms. The number of hydrogen-bond acceptors (Lipinski definition) is 5. The summed E-state index contributed by atoms with van der Waals surface area (Å²) < 4.78 is 79.9. The molecule has 3 aromatic rings.